The molecule has 1 aromatic heterocycles. The lowest BCUT2D eigenvalue weighted by Crippen LogP contribution is -2.32. The van der Waals surface area contributed by atoms with E-state index >= 15 is 0 Å². The van der Waals surface area contributed by atoms with Crippen molar-refractivity contribution in [1.82, 2.24) is 20.2 Å². The second-order valence-electron chi connectivity index (χ2n) is 7.21. The van der Waals surface area contributed by atoms with E-state index in [9.17, 15) is 4.79 Å². The van der Waals surface area contributed by atoms with E-state index in [4.69, 9.17) is 4.98 Å². The molecule has 1 unspecified atom stereocenters. The molecule has 4 rings (SSSR count). The highest BCUT2D eigenvalue weighted by Gasteiger charge is 2.15. The fourth-order valence-electron chi connectivity index (χ4n) is 3.58. The molecule has 0 saturated heterocycles. The molecule has 0 radical (unpaired) electrons. The smallest absolute Gasteiger partial charge is 0.261 e. The number of dihydropyridines is 1. The monoisotopic (exact) mass is 372 g/mol. The van der Waals surface area contributed by atoms with Crippen molar-refractivity contribution >= 4 is 10.9 Å². The van der Waals surface area contributed by atoms with Gasteiger partial charge in [-0.25, -0.2) is 4.98 Å². The van der Waals surface area contributed by atoms with Crippen LogP contribution in [0, 0.1) is 6.92 Å². The maximum atomic E-state index is 13.1. The van der Waals surface area contributed by atoms with Crippen LogP contribution in [0.25, 0.3) is 22.3 Å². The number of aryl methyl sites for hydroxylation is 1. The third-order valence-electron chi connectivity index (χ3n) is 5.10. The molecule has 0 spiro atoms. The summed E-state index contributed by atoms with van der Waals surface area (Å²) >= 11 is 0. The molecular weight excluding hydrogens is 348 g/mol. The number of aromatic nitrogens is 2. The lowest BCUT2D eigenvalue weighted by atomic mass is 10.1. The molecule has 28 heavy (non-hydrogen) atoms. The molecule has 2 heterocycles. The van der Waals surface area contributed by atoms with Gasteiger partial charge in [-0.3, -0.25) is 9.36 Å². The first-order valence-electron chi connectivity index (χ1n) is 9.47. The van der Waals surface area contributed by atoms with Crippen LogP contribution in [0.2, 0.25) is 0 Å². The van der Waals surface area contributed by atoms with Gasteiger partial charge in [0.25, 0.3) is 5.56 Å². The van der Waals surface area contributed by atoms with E-state index in [0.717, 1.165) is 27.9 Å². The van der Waals surface area contributed by atoms with E-state index in [1.54, 1.807) is 11.6 Å². The zero-order valence-corrected chi connectivity index (χ0v) is 16.4. The lowest BCUT2D eigenvalue weighted by molar-refractivity contribution is 0.636. The Kier molecular flexibility index (Phi) is 4.74. The van der Waals surface area contributed by atoms with Crippen molar-refractivity contribution < 1.29 is 0 Å². The zero-order valence-electron chi connectivity index (χ0n) is 16.4. The van der Waals surface area contributed by atoms with Crippen LogP contribution < -0.4 is 16.2 Å². The minimum absolute atomic E-state index is 0.0244. The standard InChI is InChI=1S/C23H24N4O/c1-15-12-18(14-25-20-10-7-11-24-16(20)2)21-19(13-15)23(28)27(3)22(26-21)17-8-5-4-6-9-17/h4-13,16,24-25H,14H2,1-3H3. The minimum Gasteiger partial charge on any atom is -0.383 e. The molecule has 2 N–H and O–H groups in total. The van der Waals surface area contributed by atoms with E-state index in [1.807, 2.05) is 55.6 Å². The van der Waals surface area contributed by atoms with Gasteiger partial charge in [0.2, 0.25) is 0 Å². The minimum atomic E-state index is -0.0244. The average Bonchev–Trinajstić information content (AvgIpc) is 2.71. The van der Waals surface area contributed by atoms with E-state index in [1.165, 1.54) is 0 Å². The van der Waals surface area contributed by atoms with Crippen LogP contribution >= 0.6 is 0 Å². The van der Waals surface area contributed by atoms with E-state index in [0.29, 0.717) is 17.8 Å². The molecule has 3 aromatic rings. The largest absolute Gasteiger partial charge is 0.383 e. The summed E-state index contributed by atoms with van der Waals surface area (Å²) in [7, 11) is 1.78. The summed E-state index contributed by atoms with van der Waals surface area (Å²) in [6, 6.07) is 14.1. The Morgan fingerprint density at radius 3 is 2.75 bits per heavy atom. The van der Waals surface area contributed by atoms with Crippen LogP contribution in [0.4, 0.5) is 0 Å². The summed E-state index contributed by atoms with van der Waals surface area (Å²) in [5.74, 6) is 0.679. The number of allylic oxidation sites excluding steroid dienone is 2. The number of benzene rings is 2. The first-order chi connectivity index (χ1) is 13.5. The van der Waals surface area contributed by atoms with Crippen molar-refractivity contribution in [3.8, 4) is 11.4 Å². The second kappa shape index (κ2) is 7.35. The van der Waals surface area contributed by atoms with Crippen molar-refractivity contribution in [3.05, 3.63) is 88.0 Å². The molecule has 1 atom stereocenters. The third kappa shape index (κ3) is 3.31. The molecule has 0 fully saturated rings. The van der Waals surface area contributed by atoms with Crippen LogP contribution in [-0.4, -0.2) is 15.6 Å². The van der Waals surface area contributed by atoms with Crippen molar-refractivity contribution in [2.45, 2.75) is 26.4 Å². The van der Waals surface area contributed by atoms with Gasteiger partial charge in [0.1, 0.15) is 5.82 Å². The average molecular weight is 372 g/mol. The predicted molar refractivity (Wildman–Crippen MR) is 114 cm³/mol. The first-order valence-corrected chi connectivity index (χ1v) is 9.47. The van der Waals surface area contributed by atoms with Gasteiger partial charge < -0.3 is 10.6 Å². The molecule has 5 nitrogen and oxygen atoms in total. The fraction of sp³-hybridized carbons (Fsp3) is 0.217. The van der Waals surface area contributed by atoms with Gasteiger partial charge in [0, 0.05) is 24.9 Å². The molecule has 0 bridgehead atoms. The Balaban J connectivity index is 1.82. The molecule has 0 amide bonds. The van der Waals surface area contributed by atoms with E-state index < -0.39 is 0 Å². The molecule has 1 aliphatic heterocycles. The van der Waals surface area contributed by atoms with Gasteiger partial charge in [-0.15, -0.1) is 0 Å². The zero-order chi connectivity index (χ0) is 19.7. The van der Waals surface area contributed by atoms with Gasteiger partial charge >= 0.3 is 0 Å². The number of hydrogen-bond acceptors (Lipinski definition) is 4. The summed E-state index contributed by atoms with van der Waals surface area (Å²) in [5, 5.41) is 7.44. The Labute approximate surface area is 164 Å². The van der Waals surface area contributed by atoms with Crippen molar-refractivity contribution in [2.24, 2.45) is 7.05 Å². The number of nitrogens with one attached hydrogen (secondary N) is 2. The quantitative estimate of drug-likeness (QED) is 0.737. The summed E-state index contributed by atoms with van der Waals surface area (Å²) in [6.45, 7) is 4.73. The Morgan fingerprint density at radius 2 is 2.00 bits per heavy atom. The summed E-state index contributed by atoms with van der Waals surface area (Å²) < 4.78 is 1.63. The van der Waals surface area contributed by atoms with Crippen molar-refractivity contribution in [1.29, 1.82) is 0 Å². The summed E-state index contributed by atoms with van der Waals surface area (Å²) in [5.41, 5.74) is 4.86. The molecule has 1 aliphatic rings. The van der Waals surface area contributed by atoms with E-state index in [2.05, 4.69) is 29.7 Å². The maximum absolute atomic E-state index is 13.1. The molecule has 2 aromatic carbocycles. The van der Waals surface area contributed by atoms with Gasteiger partial charge in [0.15, 0.2) is 0 Å². The topological polar surface area (TPSA) is 59.0 Å². The van der Waals surface area contributed by atoms with E-state index in [-0.39, 0.29) is 11.6 Å². The number of rotatable bonds is 4. The van der Waals surface area contributed by atoms with Gasteiger partial charge in [0.05, 0.1) is 16.9 Å². The molecule has 142 valence electrons. The summed E-state index contributed by atoms with van der Waals surface area (Å²) in [4.78, 5) is 18.0. The Bertz CT molecular complexity index is 1140. The number of hydrogen-bond donors (Lipinski definition) is 2. The maximum Gasteiger partial charge on any atom is 0.261 e. The van der Waals surface area contributed by atoms with Gasteiger partial charge in [-0.05, 0) is 49.4 Å². The molecule has 5 heteroatoms. The SMILES string of the molecule is Cc1cc(CNC2=CC=CNC2C)c2nc(-c3ccccc3)n(C)c(=O)c2c1. The number of fused-ring (bicyclic) bond motifs is 1. The van der Waals surface area contributed by atoms with Gasteiger partial charge in [-0.1, -0.05) is 36.4 Å². The first kappa shape index (κ1) is 18.0. The van der Waals surface area contributed by atoms with Crippen LogP contribution in [0.1, 0.15) is 18.1 Å². The third-order valence-corrected chi connectivity index (χ3v) is 5.10. The fourth-order valence-corrected chi connectivity index (χ4v) is 3.58. The summed E-state index contributed by atoms with van der Waals surface area (Å²) in [6.07, 6.45) is 5.99. The predicted octanol–water partition coefficient (Wildman–Crippen LogP) is 3.39. The Morgan fingerprint density at radius 1 is 1.21 bits per heavy atom. The normalized spacial score (nSPS) is 16.0. The molecule has 0 aliphatic carbocycles. The van der Waals surface area contributed by atoms with Crippen LogP contribution in [0.5, 0.6) is 0 Å². The lowest BCUT2D eigenvalue weighted by Gasteiger charge is -2.21. The highest BCUT2D eigenvalue weighted by Crippen LogP contribution is 2.22. The Hall–Kier alpha value is -3.34. The number of nitrogens with zero attached hydrogens (tertiary/aromatic N) is 2. The van der Waals surface area contributed by atoms with Crippen molar-refractivity contribution in [2.75, 3.05) is 0 Å². The molecule has 0 saturated carbocycles. The van der Waals surface area contributed by atoms with Crippen molar-refractivity contribution in [3.63, 3.8) is 0 Å². The highest BCUT2D eigenvalue weighted by molar-refractivity contribution is 5.83. The second-order valence-corrected chi connectivity index (χ2v) is 7.21. The highest BCUT2D eigenvalue weighted by atomic mass is 16.1. The van der Waals surface area contributed by atoms with Gasteiger partial charge in [-0.2, -0.15) is 0 Å². The molecular formula is C23H24N4O. The van der Waals surface area contributed by atoms with Crippen LogP contribution in [0.3, 0.4) is 0 Å². The van der Waals surface area contributed by atoms with Crippen LogP contribution in [0.15, 0.2) is 71.3 Å². The van der Waals surface area contributed by atoms with Crippen LogP contribution in [-0.2, 0) is 13.6 Å².